The lowest BCUT2D eigenvalue weighted by Gasteiger charge is -2.39. The topological polar surface area (TPSA) is 108 Å². The van der Waals surface area contributed by atoms with Crippen LogP contribution in [0.3, 0.4) is 0 Å². The van der Waals surface area contributed by atoms with Gasteiger partial charge in [0.2, 0.25) is 0 Å². The van der Waals surface area contributed by atoms with Crippen LogP contribution < -0.4 is 5.73 Å². The monoisotopic (exact) mass is 478 g/mol. The predicted molar refractivity (Wildman–Crippen MR) is 133 cm³/mol. The second kappa shape index (κ2) is 10.1. The Morgan fingerprint density at radius 1 is 1.14 bits per heavy atom. The standard InChI is InChI=1S/C26H31FN6O2/c1-4-21-23(18-6-8-22(28)29-14-18)24(31-16-30-21)17-5-7-19(20(27)13-17)25(34)33-11-9-26(35,10-12-33)15-32(2)3/h5-8,13-14,16,35H,4,9-12,15H2,1-3H3,(H2,28,29). The molecule has 3 aromatic rings. The normalized spacial score (nSPS) is 15.4. The van der Waals surface area contributed by atoms with Crippen molar-refractivity contribution in [1.29, 1.82) is 0 Å². The molecule has 4 rings (SSSR count). The third-order valence-electron chi connectivity index (χ3n) is 6.40. The van der Waals surface area contributed by atoms with Gasteiger partial charge in [-0.1, -0.05) is 13.0 Å². The van der Waals surface area contributed by atoms with Crippen molar-refractivity contribution in [2.75, 3.05) is 39.5 Å². The maximum Gasteiger partial charge on any atom is 0.256 e. The van der Waals surface area contributed by atoms with E-state index in [1.54, 1.807) is 23.2 Å². The number of nitrogen functional groups attached to an aromatic ring is 1. The lowest BCUT2D eigenvalue weighted by atomic mass is 9.90. The van der Waals surface area contributed by atoms with Gasteiger partial charge in [-0.3, -0.25) is 4.79 Å². The maximum atomic E-state index is 15.3. The minimum atomic E-state index is -0.833. The summed E-state index contributed by atoms with van der Waals surface area (Å²) in [6.45, 7) is 3.28. The van der Waals surface area contributed by atoms with E-state index in [4.69, 9.17) is 5.73 Å². The third kappa shape index (κ3) is 5.31. The van der Waals surface area contributed by atoms with E-state index in [1.165, 1.54) is 18.5 Å². The smallest absolute Gasteiger partial charge is 0.256 e. The molecule has 8 nitrogen and oxygen atoms in total. The highest BCUT2D eigenvalue weighted by molar-refractivity contribution is 5.95. The SMILES string of the molecule is CCc1ncnc(-c2ccc(C(=O)N3CCC(O)(CN(C)C)CC3)c(F)c2)c1-c1ccc(N)nc1. The first-order valence-electron chi connectivity index (χ1n) is 11.7. The molecule has 35 heavy (non-hydrogen) atoms. The summed E-state index contributed by atoms with van der Waals surface area (Å²) in [5.41, 5.74) is 8.37. The maximum absolute atomic E-state index is 15.3. The average Bonchev–Trinajstić information content (AvgIpc) is 2.83. The first-order chi connectivity index (χ1) is 16.7. The van der Waals surface area contributed by atoms with Crippen molar-refractivity contribution in [1.82, 2.24) is 24.8 Å². The molecule has 9 heteroatoms. The number of likely N-dealkylation sites (N-methyl/N-ethyl adjacent to an activating group) is 1. The lowest BCUT2D eigenvalue weighted by molar-refractivity contribution is -0.0325. The van der Waals surface area contributed by atoms with E-state index in [2.05, 4.69) is 15.0 Å². The number of aliphatic hydroxyl groups is 1. The number of benzene rings is 1. The summed E-state index contributed by atoms with van der Waals surface area (Å²) in [5, 5.41) is 10.7. The minimum Gasteiger partial charge on any atom is -0.388 e. The number of aromatic nitrogens is 3. The van der Waals surface area contributed by atoms with Gasteiger partial charge in [0.25, 0.3) is 5.91 Å². The number of piperidine rings is 1. The van der Waals surface area contributed by atoms with Gasteiger partial charge in [0.05, 0.1) is 22.6 Å². The molecular formula is C26H31FN6O2. The number of hydrogen-bond acceptors (Lipinski definition) is 7. The number of anilines is 1. The number of nitrogens with two attached hydrogens (primary N) is 1. The molecule has 184 valence electrons. The molecule has 0 radical (unpaired) electrons. The molecule has 0 atom stereocenters. The lowest BCUT2D eigenvalue weighted by Crippen LogP contribution is -2.51. The fourth-order valence-electron chi connectivity index (χ4n) is 4.64. The van der Waals surface area contributed by atoms with Gasteiger partial charge in [-0.15, -0.1) is 0 Å². The Labute approximate surface area is 204 Å². The molecule has 3 heterocycles. The first kappa shape index (κ1) is 24.7. The number of likely N-dealkylation sites (tertiary alicyclic amines) is 1. The largest absolute Gasteiger partial charge is 0.388 e. The zero-order valence-corrected chi connectivity index (χ0v) is 20.3. The zero-order valence-electron chi connectivity index (χ0n) is 20.3. The van der Waals surface area contributed by atoms with Crippen molar-refractivity contribution in [3.63, 3.8) is 0 Å². The molecule has 0 spiro atoms. The Morgan fingerprint density at radius 3 is 2.46 bits per heavy atom. The van der Waals surface area contributed by atoms with Gasteiger partial charge in [0, 0.05) is 42.5 Å². The fourth-order valence-corrected chi connectivity index (χ4v) is 4.64. The fraction of sp³-hybridized carbons (Fsp3) is 0.385. The van der Waals surface area contributed by atoms with Crippen LogP contribution in [0.2, 0.25) is 0 Å². The summed E-state index contributed by atoms with van der Waals surface area (Å²) in [7, 11) is 3.81. The van der Waals surface area contributed by atoms with Gasteiger partial charge in [0.1, 0.15) is 18.0 Å². The van der Waals surface area contributed by atoms with Crippen molar-refractivity contribution in [3.05, 3.63) is 59.9 Å². The molecule has 0 aliphatic carbocycles. The van der Waals surface area contributed by atoms with Gasteiger partial charge in [-0.05, 0) is 57.6 Å². The highest BCUT2D eigenvalue weighted by atomic mass is 19.1. The van der Waals surface area contributed by atoms with Crippen molar-refractivity contribution in [2.24, 2.45) is 0 Å². The molecule has 1 aliphatic rings. The van der Waals surface area contributed by atoms with Crippen LogP contribution in [-0.4, -0.2) is 75.1 Å². The van der Waals surface area contributed by atoms with Crippen LogP contribution in [0, 0.1) is 5.82 Å². The Hall–Kier alpha value is -3.43. The number of amides is 1. The average molecular weight is 479 g/mol. The Morgan fingerprint density at radius 2 is 1.86 bits per heavy atom. The summed E-state index contributed by atoms with van der Waals surface area (Å²) in [4.78, 5) is 29.6. The summed E-state index contributed by atoms with van der Waals surface area (Å²) in [5.74, 6) is -0.586. The van der Waals surface area contributed by atoms with Crippen LogP contribution in [0.25, 0.3) is 22.4 Å². The second-order valence-corrected chi connectivity index (χ2v) is 9.32. The molecule has 2 aromatic heterocycles. The molecule has 0 saturated carbocycles. The van der Waals surface area contributed by atoms with E-state index in [0.717, 1.165) is 16.8 Å². The summed E-state index contributed by atoms with van der Waals surface area (Å²) in [6.07, 6.45) is 4.68. The van der Waals surface area contributed by atoms with E-state index in [-0.39, 0.29) is 11.5 Å². The van der Waals surface area contributed by atoms with E-state index in [0.29, 0.717) is 56.0 Å². The molecular weight excluding hydrogens is 447 g/mol. The summed E-state index contributed by atoms with van der Waals surface area (Å²) >= 11 is 0. The molecule has 1 aliphatic heterocycles. The van der Waals surface area contributed by atoms with Crippen molar-refractivity contribution in [3.8, 4) is 22.4 Å². The Bertz CT molecular complexity index is 1210. The third-order valence-corrected chi connectivity index (χ3v) is 6.40. The predicted octanol–water partition coefficient (Wildman–Crippen LogP) is 3.02. The van der Waals surface area contributed by atoms with Crippen molar-refractivity contribution >= 4 is 11.7 Å². The number of rotatable bonds is 6. The number of pyridine rings is 1. The van der Waals surface area contributed by atoms with Crippen LogP contribution >= 0.6 is 0 Å². The van der Waals surface area contributed by atoms with E-state index in [9.17, 15) is 9.90 Å². The molecule has 1 fully saturated rings. The molecule has 3 N–H and O–H groups in total. The van der Waals surface area contributed by atoms with Gasteiger partial charge in [-0.25, -0.2) is 19.3 Å². The number of carbonyl (C=O) groups excluding carboxylic acids is 1. The van der Waals surface area contributed by atoms with E-state index >= 15 is 4.39 Å². The number of aryl methyl sites for hydroxylation is 1. The first-order valence-corrected chi connectivity index (χ1v) is 11.7. The van der Waals surface area contributed by atoms with Crippen molar-refractivity contribution < 1.29 is 14.3 Å². The summed E-state index contributed by atoms with van der Waals surface area (Å²) < 4.78 is 15.3. The van der Waals surface area contributed by atoms with Crippen LogP contribution in [0.5, 0.6) is 0 Å². The van der Waals surface area contributed by atoms with Gasteiger partial charge in [-0.2, -0.15) is 0 Å². The number of hydrogen-bond donors (Lipinski definition) is 2. The second-order valence-electron chi connectivity index (χ2n) is 9.32. The molecule has 1 amide bonds. The van der Waals surface area contributed by atoms with Gasteiger partial charge >= 0.3 is 0 Å². The molecule has 0 unspecified atom stereocenters. The van der Waals surface area contributed by atoms with Crippen LogP contribution in [0.15, 0.2) is 42.9 Å². The minimum absolute atomic E-state index is 0.00673. The number of nitrogens with zero attached hydrogens (tertiary/aromatic N) is 5. The number of halogens is 1. The Kier molecular flexibility index (Phi) is 7.09. The molecule has 1 saturated heterocycles. The quantitative estimate of drug-likeness (QED) is 0.561. The van der Waals surface area contributed by atoms with Crippen LogP contribution in [0.4, 0.5) is 10.2 Å². The number of carbonyl (C=O) groups is 1. The van der Waals surface area contributed by atoms with E-state index < -0.39 is 11.4 Å². The van der Waals surface area contributed by atoms with Crippen LogP contribution in [0.1, 0.15) is 35.8 Å². The highest BCUT2D eigenvalue weighted by Gasteiger charge is 2.35. The zero-order chi connectivity index (χ0) is 25.2. The van der Waals surface area contributed by atoms with Crippen LogP contribution in [-0.2, 0) is 6.42 Å². The highest BCUT2D eigenvalue weighted by Crippen LogP contribution is 2.34. The van der Waals surface area contributed by atoms with E-state index in [1.807, 2.05) is 32.0 Å². The molecule has 1 aromatic carbocycles. The van der Waals surface area contributed by atoms with Gasteiger partial charge < -0.3 is 20.6 Å². The van der Waals surface area contributed by atoms with Crippen molar-refractivity contribution in [2.45, 2.75) is 31.8 Å². The molecule has 0 bridgehead atoms. The Balaban J connectivity index is 1.61. The van der Waals surface area contributed by atoms with Gasteiger partial charge in [0.15, 0.2) is 0 Å². The summed E-state index contributed by atoms with van der Waals surface area (Å²) in [6, 6.07) is 8.10.